The molecular formula is C28H32N2O5. The highest BCUT2D eigenvalue weighted by atomic mass is 16.5. The zero-order valence-electron chi connectivity index (χ0n) is 19.9. The van der Waals surface area contributed by atoms with E-state index in [9.17, 15) is 19.5 Å². The first kappa shape index (κ1) is 23.4. The third-order valence-electron chi connectivity index (χ3n) is 8.02. The number of fused-ring (bicyclic) bond motifs is 3. The fraction of sp³-hybridized carbons (Fsp3) is 0.464. The largest absolute Gasteiger partial charge is 0.480 e. The lowest BCUT2D eigenvalue weighted by atomic mass is 9.71. The fourth-order valence-corrected chi connectivity index (χ4v) is 5.99. The number of nitrogens with zero attached hydrogens (tertiary/aromatic N) is 1. The van der Waals surface area contributed by atoms with E-state index in [1.54, 1.807) is 0 Å². The number of rotatable bonds is 7. The molecule has 2 aliphatic carbocycles. The lowest BCUT2D eigenvalue weighted by Crippen LogP contribution is -2.56. The van der Waals surface area contributed by atoms with Gasteiger partial charge < -0.3 is 20.1 Å². The predicted molar refractivity (Wildman–Crippen MR) is 131 cm³/mol. The first-order valence-corrected chi connectivity index (χ1v) is 12.6. The molecule has 1 saturated heterocycles. The van der Waals surface area contributed by atoms with Gasteiger partial charge in [-0.2, -0.15) is 0 Å². The minimum Gasteiger partial charge on any atom is -0.480 e. The lowest BCUT2D eigenvalue weighted by Gasteiger charge is -2.42. The van der Waals surface area contributed by atoms with Crippen molar-refractivity contribution in [3.8, 4) is 11.1 Å². The summed E-state index contributed by atoms with van der Waals surface area (Å²) in [6.07, 6.45) is 5.09. The van der Waals surface area contributed by atoms with Gasteiger partial charge in [0, 0.05) is 25.4 Å². The van der Waals surface area contributed by atoms with Crippen LogP contribution in [0.15, 0.2) is 48.5 Å². The molecule has 0 bridgehead atoms. The number of hydrogen-bond acceptors (Lipinski definition) is 4. The second-order valence-corrected chi connectivity index (χ2v) is 10.1. The molecule has 1 saturated carbocycles. The van der Waals surface area contributed by atoms with E-state index in [-0.39, 0.29) is 30.3 Å². The molecule has 2 fully saturated rings. The Bertz CT molecular complexity index is 1080. The molecule has 7 heteroatoms. The number of nitrogens with one attached hydrogen (secondary N) is 1. The maximum absolute atomic E-state index is 12.9. The first-order chi connectivity index (χ1) is 17.0. The molecule has 7 nitrogen and oxygen atoms in total. The third-order valence-corrected chi connectivity index (χ3v) is 8.02. The number of carboxylic acids is 1. The number of hydrogen-bond donors (Lipinski definition) is 2. The molecule has 3 aliphatic rings. The van der Waals surface area contributed by atoms with Crippen molar-refractivity contribution in [3.63, 3.8) is 0 Å². The molecule has 184 valence electrons. The molecule has 1 heterocycles. The lowest BCUT2D eigenvalue weighted by molar-refractivity contribution is -0.158. The van der Waals surface area contributed by atoms with Crippen molar-refractivity contribution in [3.05, 3.63) is 59.7 Å². The van der Waals surface area contributed by atoms with Crippen LogP contribution in [0, 0.1) is 5.41 Å². The summed E-state index contributed by atoms with van der Waals surface area (Å²) >= 11 is 0. The van der Waals surface area contributed by atoms with E-state index in [1.165, 1.54) is 27.2 Å². The van der Waals surface area contributed by atoms with Gasteiger partial charge in [0.05, 0.1) is 0 Å². The van der Waals surface area contributed by atoms with Crippen LogP contribution in [0.25, 0.3) is 11.1 Å². The van der Waals surface area contributed by atoms with E-state index in [4.69, 9.17) is 4.74 Å². The Hall–Kier alpha value is -3.35. The van der Waals surface area contributed by atoms with Crippen molar-refractivity contribution < 1.29 is 24.2 Å². The van der Waals surface area contributed by atoms with Crippen LogP contribution in [0.1, 0.15) is 62.0 Å². The number of likely N-dealkylation sites (tertiary alicyclic amines) is 1. The highest BCUT2D eigenvalue weighted by Crippen LogP contribution is 2.44. The minimum absolute atomic E-state index is 0.00210. The molecule has 1 unspecified atom stereocenters. The van der Waals surface area contributed by atoms with Crippen LogP contribution in [-0.2, 0) is 14.3 Å². The summed E-state index contributed by atoms with van der Waals surface area (Å²) < 4.78 is 5.69. The second-order valence-electron chi connectivity index (χ2n) is 10.1. The number of ether oxygens (including phenoxy) is 1. The maximum atomic E-state index is 12.9. The van der Waals surface area contributed by atoms with Gasteiger partial charge in [-0.1, -0.05) is 67.8 Å². The van der Waals surface area contributed by atoms with Gasteiger partial charge in [-0.25, -0.2) is 9.59 Å². The van der Waals surface area contributed by atoms with E-state index in [0.717, 1.165) is 32.1 Å². The zero-order chi connectivity index (χ0) is 24.4. The van der Waals surface area contributed by atoms with Gasteiger partial charge in [0.25, 0.3) is 0 Å². The molecule has 0 aromatic heterocycles. The van der Waals surface area contributed by atoms with Gasteiger partial charge in [-0.3, -0.25) is 4.79 Å². The van der Waals surface area contributed by atoms with Gasteiger partial charge in [-0.15, -0.1) is 0 Å². The molecule has 2 N–H and O–H groups in total. The highest BCUT2D eigenvalue weighted by Gasteiger charge is 2.42. The Balaban J connectivity index is 1.20. The first-order valence-electron chi connectivity index (χ1n) is 12.6. The number of carbonyl (C=O) groups is 3. The molecule has 5 rings (SSSR count). The second kappa shape index (κ2) is 9.72. The number of carboxylic acid groups (broad SMARTS) is 1. The van der Waals surface area contributed by atoms with Crippen molar-refractivity contribution >= 4 is 18.0 Å². The molecular weight excluding hydrogens is 444 g/mol. The monoisotopic (exact) mass is 476 g/mol. The summed E-state index contributed by atoms with van der Waals surface area (Å²) in [6.45, 7) is 1.10. The van der Waals surface area contributed by atoms with Gasteiger partial charge in [0.2, 0.25) is 5.91 Å². The Kier molecular flexibility index (Phi) is 6.50. The van der Waals surface area contributed by atoms with Crippen molar-refractivity contribution in [2.24, 2.45) is 5.41 Å². The van der Waals surface area contributed by atoms with Crippen LogP contribution in [0.3, 0.4) is 0 Å². The number of amides is 2. The summed E-state index contributed by atoms with van der Waals surface area (Å²) in [5, 5.41) is 12.2. The number of alkyl carbamates (subject to hydrolysis) is 1. The maximum Gasteiger partial charge on any atom is 0.407 e. The summed E-state index contributed by atoms with van der Waals surface area (Å²) in [5.41, 5.74) is 4.35. The Labute approximate surface area is 205 Å². The van der Waals surface area contributed by atoms with Crippen LogP contribution in [0.4, 0.5) is 4.79 Å². The Morgan fingerprint density at radius 2 is 1.60 bits per heavy atom. The average Bonchev–Trinajstić information content (AvgIpc) is 3.15. The Morgan fingerprint density at radius 3 is 2.17 bits per heavy atom. The molecule has 1 atom stereocenters. The molecule has 1 aliphatic heterocycles. The van der Waals surface area contributed by atoms with Gasteiger partial charge in [-0.05, 0) is 46.9 Å². The Morgan fingerprint density at radius 1 is 0.971 bits per heavy atom. The molecule has 0 radical (unpaired) electrons. The topological polar surface area (TPSA) is 95.9 Å². The van der Waals surface area contributed by atoms with Gasteiger partial charge in [0.1, 0.15) is 12.6 Å². The fourth-order valence-electron chi connectivity index (χ4n) is 5.99. The smallest absolute Gasteiger partial charge is 0.407 e. The molecule has 2 aromatic rings. The standard InChI is InChI=1S/C28H32N2O5/c31-25(30-15-12-24(30)26(32)33)16-28(13-6-1-7-14-28)18-29-27(34)35-17-23-21-10-4-2-8-19(21)20-9-3-5-11-22(20)23/h2-5,8-11,23-24H,1,6-7,12-18H2,(H,29,34)(H,32,33). The van der Waals surface area contributed by atoms with Crippen LogP contribution >= 0.6 is 0 Å². The van der Waals surface area contributed by atoms with Gasteiger partial charge >= 0.3 is 12.1 Å². The summed E-state index contributed by atoms with van der Waals surface area (Å²) in [6, 6.07) is 15.7. The van der Waals surface area contributed by atoms with Crippen LogP contribution in [0.2, 0.25) is 0 Å². The molecule has 35 heavy (non-hydrogen) atoms. The third kappa shape index (κ3) is 4.64. The SMILES string of the molecule is O=C(NCC1(CC(=O)N2CCC2C(=O)O)CCCCC1)OCC1c2ccccc2-c2ccccc21. The molecule has 2 aromatic carbocycles. The van der Waals surface area contributed by atoms with E-state index in [2.05, 4.69) is 29.6 Å². The van der Waals surface area contributed by atoms with Crippen molar-refractivity contribution in [1.29, 1.82) is 0 Å². The van der Waals surface area contributed by atoms with E-state index >= 15 is 0 Å². The van der Waals surface area contributed by atoms with Crippen molar-refractivity contribution in [1.82, 2.24) is 10.2 Å². The molecule has 2 amide bonds. The summed E-state index contributed by atoms with van der Waals surface area (Å²) in [5.74, 6) is -1.07. The summed E-state index contributed by atoms with van der Waals surface area (Å²) in [7, 11) is 0. The highest BCUT2D eigenvalue weighted by molar-refractivity contribution is 5.86. The number of aliphatic carboxylic acids is 1. The normalized spacial score (nSPS) is 20.3. The van der Waals surface area contributed by atoms with Crippen molar-refractivity contribution in [2.45, 2.75) is 56.9 Å². The van der Waals surface area contributed by atoms with E-state index in [0.29, 0.717) is 19.5 Å². The predicted octanol–water partition coefficient (Wildman–Crippen LogP) is 4.55. The minimum atomic E-state index is -0.945. The van der Waals surface area contributed by atoms with Crippen LogP contribution < -0.4 is 5.32 Å². The van der Waals surface area contributed by atoms with E-state index < -0.39 is 18.1 Å². The quantitative estimate of drug-likeness (QED) is 0.611. The molecule has 0 spiro atoms. The van der Waals surface area contributed by atoms with Crippen molar-refractivity contribution in [2.75, 3.05) is 19.7 Å². The zero-order valence-corrected chi connectivity index (χ0v) is 19.9. The summed E-state index contributed by atoms with van der Waals surface area (Å²) in [4.78, 5) is 38.5. The van der Waals surface area contributed by atoms with E-state index in [1.807, 2.05) is 24.3 Å². The van der Waals surface area contributed by atoms with Crippen LogP contribution in [0.5, 0.6) is 0 Å². The van der Waals surface area contributed by atoms with Gasteiger partial charge in [0.15, 0.2) is 0 Å². The number of carbonyl (C=O) groups excluding carboxylic acids is 2. The number of benzene rings is 2. The van der Waals surface area contributed by atoms with Crippen LogP contribution in [-0.4, -0.2) is 53.7 Å². The average molecular weight is 477 g/mol.